The zero-order valence-electron chi connectivity index (χ0n) is 19.3. The van der Waals surface area contributed by atoms with Crippen LogP contribution in [0.3, 0.4) is 0 Å². The highest BCUT2D eigenvalue weighted by Crippen LogP contribution is 2.45. The molecule has 0 aliphatic carbocycles. The first-order chi connectivity index (χ1) is 15.0. The van der Waals surface area contributed by atoms with Gasteiger partial charge in [-0.2, -0.15) is 0 Å². The number of ether oxygens (including phenoxy) is 1. The smallest absolute Gasteiger partial charge is 0.337 e. The fraction of sp³-hybridized carbons (Fsp3) is 0.400. The lowest BCUT2D eigenvalue weighted by atomic mass is 9.90. The first kappa shape index (κ1) is 24.6. The first-order valence-corrected chi connectivity index (χ1v) is 11.3. The Bertz CT molecular complexity index is 1150. The van der Waals surface area contributed by atoms with E-state index in [2.05, 4.69) is 22.9 Å². The molecule has 7 heteroatoms. The molecule has 2 N–H and O–H groups in total. The predicted octanol–water partition coefficient (Wildman–Crippen LogP) is 6.39. The quantitative estimate of drug-likeness (QED) is 0.414. The van der Waals surface area contributed by atoms with Crippen molar-refractivity contribution in [1.29, 1.82) is 0 Å². The van der Waals surface area contributed by atoms with Crippen LogP contribution in [0.1, 0.15) is 43.7 Å². The molecule has 0 saturated carbocycles. The molecule has 1 heterocycles. The van der Waals surface area contributed by atoms with Gasteiger partial charge in [0.2, 0.25) is 0 Å². The molecule has 0 bridgehead atoms. The summed E-state index contributed by atoms with van der Waals surface area (Å²) in [5, 5.41) is 15.3. The van der Waals surface area contributed by atoms with E-state index in [1.54, 1.807) is 12.1 Å². The molecule has 3 aromatic rings. The Hall–Kier alpha value is -2.05. The minimum absolute atomic E-state index is 0.405. The number of aryl methyl sites for hydroxylation is 2. The van der Waals surface area contributed by atoms with Crippen LogP contribution in [0.25, 0.3) is 22.0 Å². The SMILES string of the molecule is CNCCn1c(C)cc2c(-c3ccc(Cl)cc3)c(C(OC(C)(C)C)C(=O)O)c(Cl)c(C)c21. The van der Waals surface area contributed by atoms with Crippen LogP contribution in [-0.2, 0) is 16.1 Å². The molecular weight excluding hydrogens is 447 g/mol. The number of aliphatic carboxylic acids is 1. The van der Waals surface area contributed by atoms with Gasteiger partial charge in [-0.15, -0.1) is 0 Å². The van der Waals surface area contributed by atoms with Crippen LogP contribution in [0.5, 0.6) is 0 Å². The Morgan fingerprint density at radius 2 is 1.81 bits per heavy atom. The highest BCUT2D eigenvalue weighted by molar-refractivity contribution is 6.34. The second kappa shape index (κ2) is 9.44. The highest BCUT2D eigenvalue weighted by Gasteiger charge is 2.34. The van der Waals surface area contributed by atoms with Crippen LogP contribution in [0.4, 0.5) is 0 Å². The number of halogens is 2. The lowest BCUT2D eigenvalue weighted by Gasteiger charge is -2.28. The summed E-state index contributed by atoms with van der Waals surface area (Å²) >= 11 is 13.1. The predicted molar refractivity (Wildman–Crippen MR) is 132 cm³/mol. The van der Waals surface area contributed by atoms with Crippen molar-refractivity contribution in [2.75, 3.05) is 13.6 Å². The average Bonchev–Trinajstić information content (AvgIpc) is 3.03. The molecule has 172 valence electrons. The van der Waals surface area contributed by atoms with E-state index in [-0.39, 0.29) is 0 Å². The fourth-order valence-electron chi connectivity index (χ4n) is 4.10. The van der Waals surface area contributed by atoms with Crippen LogP contribution in [-0.4, -0.2) is 34.8 Å². The topological polar surface area (TPSA) is 63.5 Å². The Labute approximate surface area is 199 Å². The lowest BCUT2D eigenvalue weighted by Crippen LogP contribution is -2.28. The van der Waals surface area contributed by atoms with Gasteiger partial charge >= 0.3 is 5.97 Å². The summed E-state index contributed by atoms with van der Waals surface area (Å²) in [6.07, 6.45) is -1.22. The van der Waals surface area contributed by atoms with Crippen LogP contribution in [0.15, 0.2) is 30.3 Å². The number of rotatable bonds is 7. The summed E-state index contributed by atoms with van der Waals surface area (Å²) in [6.45, 7) is 11.1. The van der Waals surface area contributed by atoms with E-state index in [0.717, 1.165) is 46.4 Å². The summed E-state index contributed by atoms with van der Waals surface area (Å²) in [5.74, 6) is -1.08. The third-order valence-electron chi connectivity index (χ3n) is 5.44. The average molecular weight is 477 g/mol. The molecule has 32 heavy (non-hydrogen) atoms. The van der Waals surface area contributed by atoms with Gasteiger partial charge < -0.3 is 19.7 Å². The minimum Gasteiger partial charge on any atom is -0.479 e. The first-order valence-electron chi connectivity index (χ1n) is 10.6. The van der Waals surface area contributed by atoms with Crippen molar-refractivity contribution < 1.29 is 14.6 Å². The third-order valence-corrected chi connectivity index (χ3v) is 6.18. The summed E-state index contributed by atoms with van der Waals surface area (Å²) in [7, 11) is 1.92. The minimum atomic E-state index is -1.22. The largest absolute Gasteiger partial charge is 0.479 e. The van der Waals surface area contributed by atoms with Crippen molar-refractivity contribution in [3.05, 3.63) is 57.2 Å². The number of likely N-dealkylation sites (N-methyl/N-ethyl adjacent to an activating group) is 1. The highest BCUT2D eigenvalue weighted by atomic mass is 35.5. The normalized spacial score (nSPS) is 13.0. The van der Waals surface area contributed by atoms with Crippen molar-refractivity contribution in [3.8, 4) is 11.1 Å². The molecule has 3 rings (SSSR count). The molecule has 0 spiro atoms. The summed E-state index contributed by atoms with van der Waals surface area (Å²) in [4.78, 5) is 12.4. The molecule has 0 fully saturated rings. The van der Waals surface area contributed by atoms with Crippen LogP contribution in [0.2, 0.25) is 10.0 Å². The van der Waals surface area contributed by atoms with Crippen molar-refractivity contribution in [2.45, 2.75) is 52.9 Å². The molecule has 0 radical (unpaired) electrons. The van der Waals surface area contributed by atoms with Gasteiger partial charge in [0, 0.05) is 34.8 Å². The fourth-order valence-corrected chi connectivity index (χ4v) is 4.51. The van der Waals surface area contributed by atoms with Crippen molar-refractivity contribution >= 4 is 40.1 Å². The second-order valence-electron chi connectivity index (χ2n) is 8.99. The molecule has 5 nitrogen and oxygen atoms in total. The summed E-state index contributed by atoms with van der Waals surface area (Å²) < 4.78 is 8.25. The van der Waals surface area contributed by atoms with Crippen molar-refractivity contribution in [1.82, 2.24) is 9.88 Å². The van der Waals surface area contributed by atoms with E-state index in [1.165, 1.54) is 0 Å². The van der Waals surface area contributed by atoms with Gasteiger partial charge in [0.25, 0.3) is 0 Å². The van der Waals surface area contributed by atoms with E-state index < -0.39 is 17.7 Å². The monoisotopic (exact) mass is 476 g/mol. The number of nitrogens with one attached hydrogen (secondary N) is 1. The van der Waals surface area contributed by atoms with Gasteiger partial charge in [-0.25, -0.2) is 4.79 Å². The Balaban J connectivity index is 2.45. The molecule has 0 amide bonds. The molecule has 1 aromatic heterocycles. The van der Waals surface area contributed by atoms with Gasteiger partial charge in [-0.3, -0.25) is 0 Å². The summed E-state index contributed by atoms with van der Waals surface area (Å²) in [6, 6.07) is 9.47. The van der Waals surface area contributed by atoms with E-state index in [9.17, 15) is 9.90 Å². The molecule has 1 atom stereocenters. The molecule has 0 saturated heterocycles. The van der Waals surface area contributed by atoms with Crippen LogP contribution in [0, 0.1) is 13.8 Å². The maximum absolute atomic E-state index is 12.4. The molecular formula is C25H30Cl2N2O3. The molecule has 2 aromatic carbocycles. The molecule has 1 unspecified atom stereocenters. The van der Waals surface area contributed by atoms with E-state index in [0.29, 0.717) is 15.6 Å². The molecule has 0 aliphatic heterocycles. The number of hydrogen-bond donors (Lipinski definition) is 2. The number of nitrogens with zero attached hydrogens (tertiary/aromatic N) is 1. The Morgan fingerprint density at radius 1 is 1.19 bits per heavy atom. The maximum Gasteiger partial charge on any atom is 0.337 e. The Morgan fingerprint density at radius 3 is 2.34 bits per heavy atom. The van der Waals surface area contributed by atoms with E-state index in [4.69, 9.17) is 27.9 Å². The third kappa shape index (κ3) is 4.81. The standard InChI is InChI=1S/C25H30Cl2N2O3/c1-14-13-18-19(16-7-9-17(26)10-8-16)20(23(24(30)31)32-25(3,4)5)21(27)15(2)22(18)29(14)12-11-28-6/h7-10,13,23,28H,11-12H2,1-6H3,(H,30,31). The van der Waals surface area contributed by atoms with E-state index >= 15 is 0 Å². The van der Waals surface area contributed by atoms with Gasteiger partial charge in [-0.05, 0) is 76.6 Å². The molecule has 0 aliphatic rings. The number of carboxylic acid groups (broad SMARTS) is 1. The second-order valence-corrected chi connectivity index (χ2v) is 9.80. The summed E-state index contributed by atoms with van der Waals surface area (Å²) in [5.41, 5.74) is 4.29. The van der Waals surface area contributed by atoms with Crippen molar-refractivity contribution in [3.63, 3.8) is 0 Å². The zero-order valence-corrected chi connectivity index (χ0v) is 20.9. The van der Waals surface area contributed by atoms with Crippen LogP contribution < -0.4 is 5.32 Å². The zero-order chi connectivity index (χ0) is 23.8. The maximum atomic E-state index is 12.4. The van der Waals surface area contributed by atoms with Gasteiger partial charge in [-0.1, -0.05) is 35.3 Å². The number of benzene rings is 2. The van der Waals surface area contributed by atoms with Gasteiger partial charge in [0.15, 0.2) is 6.10 Å². The number of carboxylic acids is 1. The number of aromatic nitrogens is 1. The van der Waals surface area contributed by atoms with Crippen LogP contribution >= 0.6 is 23.2 Å². The van der Waals surface area contributed by atoms with Gasteiger partial charge in [0.05, 0.1) is 16.1 Å². The van der Waals surface area contributed by atoms with E-state index in [1.807, 2.05) is 46.9 Å². The number of fused-ring (bicyclic) bond motifs is 1. The Kier molecular flexibility index (Phi) is 7.25. The van der Waals surface area contributed by atoms with Crippen molar-refractivity contribution in [2.24, 2.45) is 0 Å². The number of hydrogen-bond acceptors (Lipinski definition) is 3. The van der Waals surface area contributed by atoms with Gasteiger partial charge in [0.1, 0.15) is 0 Å². The lowest BCUT2D eigenvalue weighted by molar-refractivity contribution is -0.160. The number of carbonyl (C=O) groups is 1.